The van der Waals surface area contributed by atoms with Crippen LogP contribution in [0.25, 0.3) is 6.08 Å². The summed E-state index contributed by atoms with van der Waals surface area (Å²) in [7, 11) is 3.02. The molecule has 0 unspecified atom stereocenters. The van der Waals surface area contributed by atoms with E-state index in [1.165, 1.54) is 27.2 Å². The zero-order valence-corrected chi connectivity index (χ0v) is 18.1. The molecule has 0 saturated carbocycles. The lowest BCUT2D eigenvalue weighted by Gasteiger charge is -2.13. The van der Waals surface area contributed by atoms with Crippen LogP contribution in [0.1, 0.15) is 25.8 Å². The molecule has 30 heavy (non-hydrogen) atoms. The predicted molar refractivity (Wildman–Crippen MR) is 119 cm³/mol. The molecule has 2 amide bonds. The number of hydrogen-bond donors (Lipinski definition) is 2. The van der Waals surface area contributed by atoms with Gasteiger partial charge in [0.15, 0.2) is 11.5 Å². The molecule has 0 radical (unpaired) electrons. The minimum absolute atomic E-state index is 0.213. The highest BCUT2D eigenvalue weighted by Crippen LogP contribution is 2.37. The van der Waals surface area contributed by atoms with Crippen LogP contribution >= 0.6 is 11.6 Å². The lowest BCUT2D eigenvalue weighted by atomic mass is 10.1. The van der Waals surface area contributed by atoms with Gasteiger partial charge in [-0.25, -0.2) is 0 Å². The van der Waals surface area contributed by atoms with E-state index in [0.717, 1.165) is 6.42 Å². The van der Waals surface area contributed by atoms with E-state index >= 15 is 0 Å². The summed E-state index contributed by atoms with van der Waals surface area (Å²) in [5.74, 6) is 0.833. The number of halogens is 1. The molecule has 0 spiro atoms. The number of nitrogens with one attached hydrogen (secondary N) is 2. The Labute approximate surface area is 181 Å². The lowest BCUT2D eigenvalue weighted by Crippen LogP contribution is -2.10. The first-order valence-corrected chi connectivity index (χ1v) is 9.70. The van der Waals surface area contributed by atoms with Crippen molar-refractivity contribution < 1.29 is 23.8 Å². The number of methoxy groups -OCH3 is 2. The molecule has 2 N–H and O–H groups in total. The van der Waals surface area contributed by atoms with Crippen LogP contribution in [0.15, 0.2) is 36.4 Å². The summed E-state index contributed by atoms with van der Waals surface area (Å²) in [6.07, 6.45) is 3.81. The van der Waals surface area contributed by atoms with Crippen molar-refractivity contribution in [2.24, 2.45) is 0 Å². The Bertz CT molecular complexity index is 943. The molecular formula is C22H25ClN2O5. The molecule has 0 bridgehead atoms. The number of carbonyl (C=O) groups excluding carboxylic acids is 2. The number of amides is 2. The normalized spacial score (nSPS) is 10.6. The molecule has 0 aliphatic rings. The summed E-state index contributed by atoms with van der Waals surface area (Å²) in [5, 5.41) is 5.79. The SMILES string of the molecule is CCCOc1c(Cl)cc(/C=C/C(=O)Nc2cc(NC(C)=O)ccc2OC)cc1OC. The minimum Gasteiger partial charge on any atom is -0.495 e. The summed E-state index contributed by atoms with van der Waals surface area (Å²) < 4.78 is 16.2. The molecule has 0 saturated heterocycles. The molecule has 8 heteroatoms. The average molecular weight is 433 g/mol. The van der Waals surface area contributed by atoms with Gasteiger partial charge < -0.3 is 24.8 Å². The van der Waals surface area contributed by atoms with Crippen molar-refractivity contribution >= 4 is 40.9 Å². The minimum atomic E-state index is -0.380. The third kappa shape index (κ3) is 6.42. The van der Waals surface area contributed by atoms with E-state index in [-0.39, 0.29) is 11.8 Å². The summed E-state index contributed by atoms with van der Waals surface area (Å²) in [4.78, 5) is 23.7. The van der Waals surface area contributed by atoms with Crippen LogP contribution in [0.4, 0.5) is 11.4 Å². The van der Waals surface area contributed by atoms with Crippen LogP contribution in [0.2, 0.25) is 5.02 Å². The maximum Gasteiger partial charge on any atom is 0.248 e. The van der Waals surface area contributed by atoms with Gasteiger partial charge in [0.1, 0.15) is 5.75 Å². The molecule has 7 nitrogen and oxygen atoms in total. The van der Waals surface area contributed by atoms with Crippen molar-refractivity contribution in [1.82, 2.24) is 0 Å². The Kier molecular flexibility index (Phi) is 8.55. The Morgan fingerprint density at radius 1 is 1.07 bits per heavy atom. The number of hydrogen-bond acceptors (Lipinski definition) is 5. The summed E-state index contributed by atoms with van der Waals surface area (Å²) >= 11 is 6.30. The van der Waals surface area contributed by atoms with E-state index in [4.69, 9.17) is 25.8 Å². The van der Waals surface area contributed by atoms with Gasteiger partial charge in [0.25, 0.3) is 0 Å². The zero-order chi connectivity index (χ0) is 22.1. The van der Waals surface area contributed by atoms with Crippen LogP contribution in [0.3, 0.4) is 0 Å². The Morgan fingerprint density at radius 2 is 1.80 bits per heavy atom. The van der Waals surface area contributed by atoms with Crippen LogP contribution in [-0.4, -0.2) is 32.6 Å². The number of ether oxygens (including phenoxy) is 3. The number of anilines is 2. The zero-order valence-electron chi connectivity index (χ0n) is 17.4. The molecule has 0 fully saturated rings. The molecule has 0 aliphatic carbocycles. The first-order valence-electron chi connectivity index (χ1n) is 9.33. The van der Waals surface area contributed by atoms with E-state index in [1.54, 1.807) is 36.4 Å². The molecule has 0 aliphatic heterocycles. The van der Waals surface area contributed by atoms with Crippen LogP contribution in [0, 0.1) is 0 Å². The number of carbonyl (C=O) groups is 2. The smallest absolute Gasteiger partial charge is 0.248 e. The maximum absolute atomic E-state index is 12.4. The molecule has 0 heterocycles. The van der Waals surface area contributed by atoms with Gasteiger partial charge in [-0.1, -0.05) is 18.5 Å². The van der Waals surface area contributed by atoms with Crippen molar-refractivity contribution in [3.05, 3.63) is 47.0 Å². The van der Waals surface area contributed by atoms with Gasteiger partial charge >= 0.3 is 0 Å². The van der Waals surface area contributed by atoms with Crippen LogP contribution in [-0.2, 0) is 9.59 Å². The third-order valence-corrected chi connectivity index (χ3v) is 4.19. The maximum atomic E-state index is 12.4. The second-order valence-electron chi connectivity index (χ2n) is 6.30. The largest absolute Gasteiger partial charge is 0.495 e. The fourth-order valence-electron chi connectivity index (χ4n) is 2.61. The van der Waals surface area contributed by atoms with Gasteiger partial charge in [0.05, 0.1) is 31.5 Å². The molecule has 2 rings (SSSR count). The van der Waals surface area contributed by atoms with E-state index < -0.39 is 0 Å². The van der Waals surface area contributed by atoms with Gasteiger partial charge in [-0.3, -0.25) is 9.59 Å². The monoisotopic (exact) mass is 432 g/mol. The molecule has 160 valence electrons. The van der Waals surface area contributed by atoms with Gasteiger partial charge in [0.2, 0.25) is 11.8 Å². The highest BCUT2D eigenvalue weighted by Gasteiger charge is 2.12. The van der Waals surface area contributed by atoms with Crippen molar-refractivity contribution in [2.75, 3.05) is 31.5 Å². The van der Waals surface area contributed by atoms with Crippen molar-refractivity contribution in [3.8, 4) is 17.2 Å². The van der Waals surface area contributed by atoms with E-state index in [2.05, 4.69) is 10.6 Å². The predicted octanol–water partition coefficient (Wildman–Crippen LogP) is 4.76. The molecule has 0 atom stereocenters. The molecule has 2 aromatic rings. The lowest BCUT2D eigenvalue weighted by molar-refractivity contribution is -0.114. The average Bonchev–Trinajstić information content (AvgIpc) is 2.71. The van der Waals surface area contributed by atoms with Crippen molar-refractivity contribution in [2.45, 2.75) is 20.3 Å². The number of benzene rings is 2. The standard InChI is InChI=1S/C22H25ClN2O5/c1-5-10-30-22-17(23)11-15(12-20(22)29-4)6-9-21(27)25-18-13-16(24-14(2)26)7-8-19(18)28-3/h6-9,11-13H,5,10H2,1-4H3,(H,24,26)(H,25,27)/b9-6+. The van der Waals surface area contributed by atoms with Crippen LogP contribution in [0.5, 0.6) is 17.2 Å². The molecule has 2 aromatic carbocycles. The Morgan fingerprint density at radius 3 is 2.43 bits per heavy atom. The van der Waals surface area contributed by atoms with Gasteiger partial charge in [-0.05, 0) is 48.4 Å². The van der Waals surface area contributed by atoms with Crippen LogP contribution < -0.4 is 24.8 Å². The van der Waals surface area contributed by atoms with Gasteiger partial charge in [0, 0.05) is 18.7 Å². The highest BCUT2D eigenvalue weighted by atomic mass is 35.5. The van der Waals surface area contributed by atoms with Gasteiger partial charge in [-0.2, -0.15) is 0 Å². The first-order chi connectivity index (χ1) is 14.4. The second kappa shape index (κ2) is 11.1. The van der Waals surface area contributed by atoms with E-state index in [0.29, 0.717) is 45.8 Å². The second-order valence-corrected chi connectivity index (χ2v) is 6.71. The summed E-state index contributed by atoms with van der Waals surface area (Å²) in [6, 6.07) is 8.38. The fraction of sp³-hybridized carbons (Fsp3) is 0.273. The van der Waals surface area contributed by atoms with E-state index in [9.17, 15) is 9.59 Å². The van der Waals surface area contributed by atoms with Crippen molar-refractivity contribution in [3.63, 3.8) is 0 Å². The Hall–Kier alpha value is -3.19. The first kappa shape index (κ1) is 23.1. The Balaban J connectivity index is 2.18. The molecular weight excluding hydrogens is 408 g/mol. The quantitative estimate of drug-likeness (QED) is 0.558. The number of rotatable bonds is 9. The topological polar surface area (TPSA) is 85.9 Å². The molecule has 0 aromatic heterocycles. The summed E-state index contributed by atoms with van der Waals surface area (Å²) in [5.41, 5.74) is 1.65. The highest BCUT2D eigenvalue weighted by molar-refractivity contribution is 6.32. The van der Waals surface area contributed by atoms with Gasteiger partial charge in [-0.15, -0.1) is 0 Å². The van der Waals surface area contributed by atoms with Crippen molar-refractivity contribution in [1.29, 1.82) is 0 Å². The third-order valence-electron chi connectivity index (χ3n) is 3.91. The van der Waals surface area contributed by atoms with E-state index in [1.807, 2.05) is 6.92 Å². The fourth-order valence-corrected chi connectivity index (χ4v) is 2.89. The summed E-state index contributed by atoms with van der Waals surface area (Å²) in [6.45, 7) is 3.92.